The highest BCUT2D eigenvalue weighted by Gasteiger charge is 2.23. The van der Waals surface area contributed by atoms with Crippen LogP contribution in [0.25, 0.3) is 86.4 Å². The van der Waals surface area contributed by atoms with Crippen LogP contribution in [-0.4, -0.2) is 0 Å². The van der Waals surface area contributed by atoms with Crippen LogP contribution in [0.1, 0.15) is 22.4 Å². The second kappa shape index (κ2) is 12.1. The van der Waals surface area contributed by atoms with Crippen molar-refractivity contribution in [3.63, 3.8) is 0 Å². The highest BCUT2D eigenvalue weighted by atomic mass is 32.1. The van der Waals surface area contributed by atoms with E-state index in [4.69, 9.17) is 0 Å². The second-order valence-corrected chi connectivity index (χ2v) is 15.3. The van der Waals surface area contributed by atoms with Crippen molar-refractivity contribution in [1.82, 2.24) is 0 Å². The summed E-state index contributed by atoms with van der Waals surface area (Å²) in [5.41, 5.74) is 14.3. The number of rotatable bonds is 5. The first-order valence-corrected chi connectivity index (χ1v) is 18.9. The van der Waals surface area contributed by atoms with E-state index in [0.29, 0.717) is 0 Å². The molecule has 7 aromatic carbocycles. The van der Waals surface area contributed by atoms with Gasteiger partial charge in [-0.25, -0.2) is 0 Å². The fraction of sp³-hybridized carbons (Fsp3) is 0.0417. The third-order valence-corrected chi connectivity index (χ3v) is 12.7. The van der Waals surface area contributed by atoms with Crippen molar-refractivity contribution in [2.24, 2.45) is 0 Å². The summed E-state index contributed by atoms with van der Waals surface area (Å²) in [5.74, 6) is 0. The molecule has 2 heteroatoms. The topological polar surface area (TPSA) is 0 Å². The maximum Gasteiger partial charge on any atom is 0.0448 e. The van der Waals surface area contributed by atoms with Crippen LogP contribution in [-0.2, 0) is 6.42 Å². The average molecular weight is 673 g/mol. The zero-order chi connectivity index (χ0) is 33.0. The molecule has 0 spiro atoms. The van der Waals surface area contributed by atoms with Gasteiger partial charge in [0.1, 0.15) is 0 Å². The Morgan fingerprint density at radius 2 is 0.900 bits per heavy atom. The molecule has 0 N–H and O–H groups in total. The zero-order valence-electron chi connectivity index (χ0n) is 27.4. The predicted octanol–water partition coefficient (Wildman–Crippen LogP) is 14.4. The normalized spacial score (nSPS) is 12.8. The minimum atomic E-state index is 1.06. The van der Waals surface area contributed by atoms with Gasteiger partial charge in [0.05, 0.1) is 0 Å². The van der Waals surface area contributed by atoms with Crippen LogP contribution in [0.5, 0.6) is 0 Å². The number of allylic oxidation sites excluding steroid dienone is 1. The van der Waals surface area contributed by atoms with Crippen LogP contribution < -0.4 is 0 Å². The number of benzene rings is 7. The third kappa shape index (κ3) is 5.03. The summed E-state index contributed by atoms with van der Waals surface area (Å²) in [6, 6.07) is 60.1. The van der Waals surface area contributed by atoms with Gasteiger partial charge in [-0.3, -0.25) is 0 Å². The maximum absolute atomic E-state index is 2.51. The van der Waals surface area contributed by atoms with E-state index >= 15 is 0 Å². The Bertz CT molecular complexity index is 2730. The molecular weight excluding hydrogens is 641 g/mol. The van der Waals surface area contributed by atoms with Crippen molar-refractivity contribution in [1.29, 1.82) is 0 Å². The van der Waals surface area contributed by atoms with Crippen molar-refractivity contribution in [3.8, 4) is 44.5 Å². The standard InChI is InChI=1S/C48H32S2/c1-4-12-31(13-5-1)34-18-10-20-36(26-34)38-22-24-44-40(28-38)42-30-43-41-29-39(37-21-11-19-35(27-37)32-14-6-2-7-15-32)23-25-45(41)50-48(43)46(47(42)49-44)33-16-8-3-9-17-33/h1-22,24,26-30H,23,25H2. The van der Waals surface area contributed by atoms with Crippen LogP contribution in [0, 0.1) is 0 Å². The van der Waals surface area contributed by atoms with Crippen molar-refractivity contribution >= 4 is 64.6 Å². The monoisotopic (exact) mass is 672 g/mol. The van der Waals surface area contributed by atoms with Gasteiger partial charge in [0.25, 0.3) is 0 Å². The van der Waals surface area contributed by atoms with Gasteiger partial charge >= 0.3 is 0 Å². The van der Waals surface area contributed by atoms with Crippen molar-refractivity contribution < 1.29 is 0 Å². The number of hydrogen-bond acceptors (Lipinski definition) is 2. The van der Waals surface area contributed by atoms with Gasteiger partial charge in [-0.2, -0.15) is 0 Å². The Balaban J connectivity index is 1.16. The van der Waals surface area contributed by atoms with Crippen LogP contribution in [0.4, 0.5) is 0 Å². The highest BCUT2D eigenvalue weighted by molar-refractivity contribution is 7.27. The molecule has 0 radical (unpaired) electrons. The first-order valence-electron chi connectivity index (χ1n) is 17.3. The highest BCUT2D eigenvalue weighted by Crippen LogP contribution is 2.50. The largest absolute Gasteiger partial charge is 0.139 e. The molecule has 0 nitrogen and oxygen atoms in total. The quantitative estimate of drug-likeness (QED) is 0.171. The van der Waals surface area contributed by atoms with Gasteiger partial charge in [0.2, 0.25) is 0 Å². The summed E-state index contributed by atoms with van der Waals surface area (Å²) in [5, 5.41) is 4.07. The van der Waals surface area contributed by atoms with Gasteiger partial charge in [0, 0.05) is 40.7 Å². The lowest BCUT2D eigenvalue weighted by Gasteiger charge is -2.15. The number of aryl methyl sites for hydroxylation is 1. The van der Waals surface area contributed by atoms with E-state index in [1.54, 1.807) is 0 Å². The van der Waals surface area contributed by atoms with Crippen LogP contribution in [0.3, 0.4) is 0 Å². The maximum atomic E-state index is 2.51. The number of hydrogen-bond donors (Lipinski definition) is 0. The number of thiophene rings is 2. The van der Waals surface area contributed by atoms with E-state index in [-0.39, 0.29) is 0 Å². The van der Waals surface area contributed by atoms with Gasteiger partial charge < -0.3 is 0 Å². The lowest BCUT2D eigenvalue weighted by Crippen LogP contribution is -1.96. The average Bonchev–Trinajstić information content (AvgIpc) is 3.75. The van der Waals surface area contributed by atoms with Crippen molar-refractivity contribution in [2.45, 2.75) is 12.8 Å². The molecule has 2 aromatic heterocycles. The molecule has 1 aliphatic rings. The molecule has 0 fully saturated rings. The van der Waals surface area contributed by atoms with Gasteiger partial charge in [0.15, 0.2) is 0 Å². The Kier molecular flexibility index (Phi) is 7.11. The van der Waals surface area contributed by atoms with Crippen LogP contribution >= 0.6 is 22.7 Å². The summed E-state index contributed by atoms with van der Waals surface area (Å²) in [6.45, 7) is 0. The molecule has 0 bridgehead atoms. The molecule has 2 heterocycles. The Labute approximate surface area is 300 Å². The van der Waals surface area contributed by atoms with E-state index in [2.05, 4.69) is 170 Å². The lowest BCUT2D eigenvalue weighted by molar-refractivity contribution is 1.03. The smallest absolute Gasteiger partial charge is 0.0448 e. The molecule has 0 saturated carbocycles. The molecule has 0 aliphatic heterocycles. The zero-order valence-corrected chi connectivity index (χ0v) is 29.0. The Morgan fingerprint density at radius 3 is 1.58 bits per heavy atom. The first kappa shape index (κ1) is 29.4. The fourth-order valence-electron chi connectivity index (χ4n) is 7.68. The fourth-order valence-corrected chi connectivity index (χ4v) is 10.3. The SMILES string of the molecule is C1=C(c2cccc(-c3ccccc3)c2)CCc2sc3c(-c4ccccc4)c4sc5ccc(-c6cccc(-c7ccccc7)c6)cc5c4cc3c21. The molecule has 1 aliphatic carbocycles. The lowest BCUT2D eigenvalue weighted by atomic mass is 9.89. The van der Waals surface area contributed by atoms with Crippen molar-refractivity contribution in [3.05, 3.63) is 180 Å². The van der Waals surface area contributed by atoms with Gasteiger partial charge in [-0.1, -0.05) is 133 Å². The summed E-state index contributed by atoms with van der Waals surface area (Å²) in [4.78, 5) is 1.50. The molecule has 10 rings (SSSR count). The van der Waals surface area contributed by atoms with Crippen LogP contribution in [0.2, 0.25) is 0 Å². The second-order valence-electron chi connectivity index (χ2n) is 13.2. The molecule has 0 atom stereocenters. The number of fused-ring (bicyclic) bond motifs is 6. The first-order chi connectivity index (χ1) is 24.8. The molecule has 0 unspecified atom stereocenters. The van der Waals surface area contributed by atoms with E-state index < -0.39 is 0 Å². The molecule has 0 amide bonds. The summed E-state index contributed by atoms with van der Waals surface area (Å²) < 4.78 is 4.12. The molecule has 9 aromatic rings. The van der Waals surface area contributed by atoms with Gasteiger partial charge in [-0.05, 0) is 105 Å². The summed E-state index contributed by atoms with van der Waals surface area (Å²) >= 11 is 3.94. The summed E-state index contributed by atoms with van der Waals surface area (Å²) in [7, 11) is 0. The minimum Gasteiger partial charge on any atom is -0.139 e. The minimum absolute atomic E-state index is 1.06. The van der Waals surface area contributed by atoms with Gasteiger partial charge in [-0.15, -0.1) is 22.7 Å². The summed E-state index contributed by atoms with van der Waals surface area (Å²) in [6.07, 6.45) is 4.62. The van der Waals surface area contributed by atoms with E-state index in [0.717, 1.165) is 12.8 Å². The van der Waals surface area contributed by atoms with Crippen LogP contribution in [0.15, 0.2) is 164 Å². The van der Waals surface area contributed by atoms with E-state index in [1.807, 2.05) is 22.7 Å². The van der Waals surface area contributed by atoms with Crippen molar-refractivity contribution in [2.75, 3.05) is 0 Å². The van der Waals surface area contributed by atoms with E-state index in [9.17, 15) is 0 Å². The molecule has 236 valence electrons. The third-order valence-electron chi connectivity index (χ3n) is 10.2. The molecular formula is C48H32S2. The molecule has 0 saturated heterocycles. The Hall–Kier alpha value is -5.54. The predicted molar refractivity (Wildman–Crippen MR) is 219 cm³/mol. The van der Waals surface area contributed by atoms with E-state index in [1.165, 1.54) is 96.3 Å². The molecule has 50 heavy (non-hydrogen) atoms. The Morgan fingerprint density at radius 1 is 0.360 bits per heavy atom.